The standard InChI is InChI=1S/C24H24F3N7O2/c1-33-10-5-23(22(33)35)6-11-34(12-7-23)20-14-19(31-21(32-20)16-3-2-8-28-15-16)30-18-13-17(4-9-29-18)36-24(25,26)27/h2-4,8-9,13-15H,5-7,10-12H2,1H3,(H,29,30,31,32). The number of halogens is 3. The Morgan fingerprint density at radius 1 is 1.03 bits per heavy atom. The van der Waals surface area contributed by atoms with Crippen LogP contribution in [0, 0.1) is 5.41 Å². The second kappa shape index (κ2) is 9.25. The van der Waals surface area contributed by atoms with Crippen LogP contribution in [0.2, 0.25) is 0 Å². The number of aromatic nitrogens is 4. The molecule has 1 spiro atoms. The van der Waals surface area contributed by atoms with Gasteiger partial charge >= 0.3 is 6.36 Å². The lowest BCUT2D eigenvalue weighted by Gasteiger charge is -2.38. The summed E-state index contributed by atoms with van der Waals surface area (Å²) in [5.41, 5.74) is 0.375. The Kier molecular flexibility index (Phi) is 6.10. The number of alkyl halides is 3. The summed E-state index contributed by atoms with van der Waals surface area (Å²) in [5.74, 6) is 1.35. The predicted molar refractivity (Wildman–Crippen MR) is 126 cm³/mol. The van der Waals surface area contributed by atoms with Crippen molar-refractivity contribution in [3.05, 3.63) is 48.9 Å². The number of nitrogens with zero attached hydrogens (tertiary/aromatic N) is 6. The van der Waals surface area contributed by atoms with Crippen LogP contribution in [0.15, 0.2) is 48.9 Å². The number of nitrogens with one attached hydrogen (secondary N) is 1. The van der Waals surface area contributed by atoms with E-state index < -0.39 is 12.1 Å². The first-order valence-corrected chi connectivity index (χ1v) is 11.5. The number of carbonyl (C=O) groups excluding carboxylic acids is 1. The van der Waals surface area contributed by atoms with E-state index in [4.69, 9.17) is 4.98 Å². The van der Waals surface area contributed by atoms with E-state index in [0.29, 0.717) is 36.1 Å². The molecule has 0 bridgehead atoms. The van der Waals surface area contributed by atoms with Crippen molar-refractivity contribution in [2.24, 2.45) is 5.41 Å². The van der Waals surface area contributed by atoms with Crippen molar-refractivity contribution in [1.29, 1.82) is 0 Å². The number of hydrogen-bond acceptors (Lipinski definition) is 8. The van der Waals surface area contributed by atoms with E-state index in [1.54, 1.807) is 29.4 Å². The quantitative estimate of drug-likeness (QED) is 0.562. The molecule has 0 atom stereocenters. The van der Waals surface area contributed by atoms with Crippen molar-refractivity contribution in [3.63, 3.8) is 0 Å². The largest absolute Gasteiger partial charge is 0.573 e. The third-order valence-electron chi connectivity index (χ3n) is 6.62. The van der Waals surface area contributed by atoms with E-state index in [2.05, 4.69) is 29.9 Å². The molecule has 5 rings (SSSR count). The highest BCUT2D eigenvalue weighted by Crippen LogP contribution is 2.42. The highest BCUT2D eigenvalue weighted by Gasteiger charge is 2.47. The molecular weight excluding hydrogens is 475 g/mol. The van der Waals surface area contributed by atoms with Gasteiger partial charge in [-0.1, -0.05) is 0 Å². The maximum absolute atomic E-state index is 12.7. The molecule has 2 aliphatic heterocycles. The maximum atomic E-state index is 12.7. The number of amides is 1. The topological polar surface area (TPSA) is 96.4 Å². The van der Waals surface area contributed by atoms with Gasteiger partial charge in [0.25, 0.3) is 0 Å². The number of rotatable bonds is 5. The molecular formula is C24H24F3N7O2. The molecule has 3 aromatic heterocycles. The van der Waals surface area contributed by atoms with Crippen LogP contribution in [0.4, 0.5) is 30.6 Å². The third kappa shape index (κ3) is 5.02. The minimum absolute atomic E-state index is 0.135. The van der Waals surface area contributed by atoms with Crippen molar-refractivity contribution < 1.29 is 22.7 Å². The zero-order valence-electron chi connectivity index (χ0n) is 19.5. The third-order valence-corrected chi connectivity index (χ3v) is 6.62. The maximum Gasteiger partial charge on any atom is 0.573 e. The molecule has 12 heteroatoms. The molecule has 3 aromatic rings. The van der Waals surface area contributed by atoms with E-state index in [1.807, 2.05) is 13.1 Å². The van der Waals surface area contributed by atoms with Gasteiger partial charge in [-0.25, -0.2) is 15.0 Å². The van der Waals surface area contributed by atoms with Crippen molar-refractivity contribution in [2.75, 3.05) is 36.9 Å². The van der Waals surface area contributed by atoms with Gasteiger partial charge in [-0.2, -0.15) is 0 Å². The molecule has 0 saturated carbocycles. The summed E-state index contributed by atoms with van der Waals surface area (Å²) in [5, 5.41) is 2.96. The number of anilines is 3. The number of piperidine rings is 1. The van der Waals surface area contributed by atoms with Crippen LogP contribution < -0.4 is 15.0 Å². The van der Waals surface area contributed by atoms with E-state index in [0.717, 1.165) is 37.9 Å². The molecule has 2 aliphatic rings. The Labute approximate surface area is 205 Å². The fourth-order valence-corrected chi connectivity index (χ4v) is 4.72. The van der Waals surface area contributed by atoms with Crippen molar-refractivity contribution in [1.82, 2.24) is 24.8 Å². The van der Waals surface area contributed by atoms with Gasteiger partial charge in [0.1, 0.15) is 23.2 Å². The number of carbonyl (C=O) groups is 1. The first-order chi connectivity index (χ1) is 17.2. The van der Waals surface area contributed by atoms with Crippen LogP contribution in [0.3, 0.4) is 0 Å². The Morgan fingerprint density at radius 2 is 1.81 bits per heavy atom. The van der Waals surface area contributed by atoms with Gasteiger partial charge in [0.2, 0.25) is 5.91 Å². The van der Waals surface area contributed by atoms with Crippen LogP contribution in [-0.4, -0.2) is 63.8 Å². The van der Waals surface area contributed by atoms with Gasteiger partial charge in [0, 0.05) is 63.0 Å². The van der Waals surface area contributed by atoms with Gasteiger partial charge in [0.05, 0.1) is 5.41 Å². The summed E-state index contributed by atoms with van der Waals surface area (Å²) in [6, 6.07) is 7.58. The zero-order valence-corrected chi connectivity index (χ0v) is 19.5. The second-order valence-electron chi connectivity index (χ2n) is 8.97. The van der Waals surface area contributed by atoms with E-state index in [-0.39, 0.29) is 17.1 Å². The van der Waals surface area contributed by atoms with Crippen molar-refractivity contribution in [2.45, 2.75) is 25.6 Å². The zero-order chi connectivity index (χ0) is 25.3. The molecule has 188 valence electrons. The summed E-state index contributed by atoms with van der Waals surface area (Å²) in [7, 11) is 1.84. The van der Waals surface area contributed by atoms with Crippen LogP contribution in [0.5, 0.6) is 5.75 Å². The molecule has 2 saturated heterocycles. The van der Waals surface area contributed by atoms with Crippen molar-refractivity contribution >= 4 is 23.4 Å². The molecule has 0 aliphatic carbocycles. The Bertz CT molecular complexity index is 1250. The number of pyridine rings is 2. The molecule has 0 radical (unpaired) electrons. The second-order valence-corrected chi connectivity index (χ2v) is 8.97. The highest BCUT2D eigenvalue weighted by molar-refractivity contribution is 5.85. The van der Waals surface area contributed by atoms with Gasteiger partial charge in [-0.05, 0) is 37.5 Å². The Morgan fingerprint density at radius 3 is 2.47 bits per heavy atom. The number of hydrogen-bond donors (Lipinski definition) is 1. The normalized spacial score (nSPS) is 17.5. The van der Waals surface area contributed by atoms with Crippen LogP contribution in [-0.2, 0) is 4.79 Å². The molecule has 2 fully saturated rings. The Balaban J connectivity index is 1.42. The summed E-state index contributed by atoms with van der Waals surface area (Å²) in [6.07, 6.45) is 1.99. The molecule has 36 heavy (non-hydrogen) atoms. The van der Waals surface area contributed by atoms with E-state index >= 15 is 0 Å². The summed E-state index contributed by atoms with van der Waals surface area (Å²) in [6.45, 7) is 2.07. The van der Waals surface area contributed by atoms with E-state index in [9.17, 15) is 18.0 Å². The average molecular weight is 499 g/mol. The average Bonchev–Trinajstić information content (AvgIpc) is 3.12. The first kappa shape index (κ1) is 23.8. The van der Waals surface area contributed by atoms with E-state index in [1.165, 1.54) is 6.20 Å². The summed E-state index contributed by atoms with van der Waals surface area (Å²) in [4.78, 5) is 34.1. The fraction of sp³-hybridized carbons (Fsp3) is 0.375. The van der Waals surface area contributed by atoms with Crippen LogP contribution in [0.1, 0.15) is 19.3 Å². The number of likely N-dealkylation sites (tertiary alicyclic amines) is 1. The first-order valence-electron chi connectivity index (χ1n) is 11.5. The van der Waals surface area contributed by atoms with Gasteiger partial charge in [0.15, 0.2) is 5.82 Å². The highest BCUT2D eigenvalue weighted by atomic mass is 19.4. The number of ether oxygens (including phenoxy) is 1. The molecule has 5 heterocycles. The van der Waals surface area contributed by atoms with Crippen molar-refractivity contribution in [3.8, 4) is 17.1 Å². The predicted octanol–water partition coefficient (Wildman–Crippen LogP) is 4.02. The van der Waals surface area contributed by atoms with Crippen LogP contribution in [0.25, 0.3) is 11.4 Å². The Hall–Kier alpha value is -3.96. The monoisotopic (exact) mass is 499 g/mol. The fourth-order valence-electron chi connectivity index (χ4n) is 4.72. The smallest absolute Gasteiger partial charge is 0.406 e. The minimum atomic E-state index is -4.81. The van der Waals surface area contributed by atoms with Gasteiger partial charge in [-0.3, -0.25) is 9.78 Å². The molecule has 1 N–H and O–H groups in total. The lowest BCUT2D eigenvalue weighted by atomic mass is 9.77. The minimum Gasteiger partial charge on any atom is -0.406 e. The molecule has 9 nitrogen and oxygen atoms in total. The molecule has 0 unspecified atom stereocenters. The lowest BCUT2D eigenvalue weighted by Crippen LogP contribution is -2.44. The van der Waals surface area contributed by atoms with Gasteiger partial charge in [-0.15, -0.1) is 13.2 Å². The van der Waals surface area contributed by atoms with Gasteiger partial charge < -0.3 is 19.9 Å². The lowest BCUT2D eigenvalue weighted by molar-refractivity contribution is -0.274. The summed E-state index contributed by atoms with van der Waals surface area (Å²) < 4.78 is 41.9. The SMILES string of the molecule is CN1CCC2(CCN(c3cc(Nc4cc(OC(F)(F)F)ccn4)nc(-c4cccnc4)n3)CC2)C1=O. The molecule has 0 aromatic carbocycles. The summed E-state index contributed by atoms with van der Waals surface area (Å²) >= 11 is 0. The van der Waals surface area contributed by atoms with Crippen LogP contribution >= 0.6 is 0 Å². The molecule has 1 amide bonds.